The van der Waals surface area contributed by atoms with Gasteiger partial charge in [0, 0.05) is 24.2 Å². The molecule has 4 rings (SSSR count). The maximum Gasteiger partial charge on any atom is 0.466 e. The quantitative estimate of drug-likeness (QED) is 0.553. The molecule has 28 heavy (non-hydrogen) atoms. The van der Waals surface area contributed by atoms with E-state index in [9.17, 15) is 0 Å². The molecule has 0 N–H and O–H groups in total. The molecule has 0 amide bonds. The summed E-state index contributed by atoms with van der Waals surface area (Å²) in [7, 11) is -4.50. The van der Waals surface area contributed by atoms with Crippen LogP contribution in [0.1, 0.15) is 38.3 Å². The Morgan fingerprint density at radius 1 is 0.821 bits per heavy atom. The van der Waals surface area contributed by atoms with E-state index in [0.29, 0.717) is 11.1 Å². The predicted octanol–water partition coefficient (Wildman–Crippen LogP) is 6.11. The monoisotopic (exact) mass is 414 g/mol. The molecule has 0 radical (unpaired) electrons. The van der Waals surface area contributed by atoms with Gasteiger partial charge in [0.15, 0.2) is 11.5 Å². The van der Waals surface area contributed by atoms with Crippen molar-refractivity contribution in [3.8, 4) is 23.0 Å². The van der Waals surface area contributed by atoms with Crippen molar-refractivity contribution in [3.63, 3.8) is 0 Å². The van der Waals surface area contributed by atoms with Crippen LogP contribution in [0.2, 0.25) is 24.2 Å². The molecule has 0 bridgehead atoms. The molecule has 0 saturated heterocycles. The van der Waals surface area contributed by atoms with Gasteiger partial charge in [-0.2, -0.15) is 0 Å². The van der Waals surface area contributed by atoms with Crippen LogP contribution in [0.25, 0.3) is 0 Å². The van der Waals surface area contributed by atoms with E-state index >= 15 is 0 Å². The third-order valence-corrected chi connectivity index (χ3v) is 11.6. The molecule has 2 atom stereocenters. The van der Waals surface area contributed by atoms with Crippen molar-refractivity contribution in [2.45, 2.75) is 64.7 Å². The summed E-state index contributed by atoms with van der Waals surface area (Å²) in [6, 6.07) is 12.4. The largest absolute Gasteiger partial charge is 0.509 e. The summed E-state index contributed by atoms with van der Waals surface area (Å²) in [5.74, 6) is 3.70. The van der Waals surface area contributed by atoms with Crippen molar-refractivity contribution in [1.82, 2.24) is 0 Å². The van der Waals surface area contributed by atoms with Crippen LogP contribution < -0.4 is 17.7 Å². The van der Waals surface area contributed by atoms with Crippen molar-refractivity contribution in [2.75, 3.05) is 0 Å². The Bertz CT molecular complexity index is 896. The third kappa shape index (κ3) is 3.22. The summed E-state index contributed by atoms with van der Waals surface area (Å²) in [6.07, 6.45) is 1.93. The maximum atomic E-state index is 6.63. The summed E-state index contributed by atoms with van der Waals surface area (Å²) in [5.41, 5.74) is 3.09. The van der Waals surface area contributed by atoms with Gasteiger partial charge in [-0.3, -0.25) is 0 Å². The van der Waals surface area contributed by atoms with Crippen molar-refractivity contribution in [2.24, 2.45) is 0 Å². The van der Waals surface area contributed by atoms with E-state index in [4.69, 9.17) is 17.7 Å². The van der Waals surface area contributed by atoms with Gasteiger partial charge in [-0.05, 0) is 43.0 Å². The lowest BCUT2D eigenvalue weighted by Crippen LogP contribution is -2.51. The first-order valence-corrected chi connectivity index (χ1v) is 15.0. The molecule has 0 aromatic heterocycles. The van der Waals surface area contributed by atoms with Gasteiger partial charge in [0.25, 0.3) is 0 Å². The lowest BCUT2D eigenvalue weighted by Gasteiger charge is -2.33. The van der Waals surface area contributed by atoms with E-state index in [1.807, 2.05) is 18.2 Å². The summed E-state index contributed by atoms with van der Waals surface area (Å²) < 4.78 is 25.4. The van der Waals surface area contributed by atoms with Gasteiger partial charge >= 0.3 is 17.1 Å². The Morgan fingerprint density at radius 3 is 2.18 bits per heavy atom. The van der Waals surface area contributed by atoms with Gasteiger partial charge in [0.1, 0.15) is 11.5 Å². The fourth-order valence-electron chi connectivity index (χ4n) is 4.25. The average Bonchev–Trinajstić information content (AvgIpc) is 3.18. The maximum absolute atomic E-state index is 6.63. The summed E-state index contributed by atoms with van der Waals surface area (Å²) in [5, 5.41) is 0. The molecule has 150 valence electrons. The van der Waals surface area contributed by atoms with Crippen LogP contribution in [-0.4, -0.2) is 17.1 Å². The second-order valence-electron chi connectivity index (χ2n) is 8.77. The minimum Gasteiger partial charge on any atom is -0.509 e. The number of aryl methyl sites for hydroxylation is 2. The Kier molecular flexibility index (Phi) is 4.74. The summed E-state index contributed by atoms with van der Waals surface area (Å²) in [6.45, 7) is 13.0. The molecule has 0 spiro atoms. The lowest BCUT2D eigenvalue weighted by molar-refractivity contribution is 0.400. The summed E-state index contributed by atoms with van der Waals surface area (Å²) >= 11 is 0. The molecule has 2 aliphatic heterocycles. The Labute approximate surface area is 170 Å². The van der Waals surface area contributed by atoms with Gasteiger partial charge in [-0.1, -0.05) is 45.0 Å². The predicted molar refractivity (Wildman–Crippen MR) is 116 cm³/mol. The van der Waals surface area contributed by atoms with E-state index in [-0.39, 0.29) is 0 Å². The molecule has 0 fully saturated rings. The normalized spacial score (nSPS) is 22.5. The number of para-hydroxylation sites is 2. The highest BCUT2D eigenvalue weighted by molar-refractivity contribution is 6.72. The fraction of sp³-hybridized carbons (Fsp3) is 0.455. The van der Waals surface area contributed by atoms with Crippen molar-refractivity contribution in [1.29, 1.82) is 0 Å². The Hall–Kier alpha value is -1.93. The van der Waals surface area contributed by atoms with Gasteiger partial charge in [-0.25, -0.2) is 0 Å². The third-order valence-electron chi connectivity index (χ3n) is 5.81. The van der Waals surface area contributed by atoms with Gasteiger partial charge < -0.3 is 17.7 Å². The highest BCUT2D eigenvalue weighted by Gasteiger charge is 2.55. The number of hydrogen-bond acceptors (Lipinski definition) is 4. The number of benzene rings is 2. The minimum absolute atomic E-state index is 0.350. The van der Waals surface area contributed by atoms with Crippen LogP contribution in [0.3, 0.4) is 0 Å². The van der Waals surface area contributed by atoms with Crippen molar-refractivity contribution in [3.05, 3.63) is 47.5 Å². The van der Waals surface area contributed by atoms with Crippen LogP contribution in [-0.2, 0) is 6.42 Å². The zero-order valence-corrected chi connectivity index (χ0v) is 19.7. The molecule has 2 unspecified atom stereocenters. The lowest BCUT2D eigenvalue weighted by atomic mass is 10.1. The molecule has 2 heterocycles. The highest BCUT2D eigenvalue weighted by Crippen LogP contribution is 2.49. The molecule has 2 aliphatic rings. The number of fused-ring (bicyclic) bond motifs is 2. The van der Waals surface area contributed by atoms with E-state index in [1.54, 1.807) is 0 Å². The first kappa shape index (κ1) is 19.4. The van der Waals surface area contributed by atoms with Crippen molar-refractivity contribution < 1.29 is 17.7 Å². The zero-order valence-electron chi connectivity index (χ0n) is 17.7. The topological polar surface area (TPSA) is 36.9 Å². The molecule has 0 aliphatic carbocycles. The molecule has 0 saturated carbocycles. The van der Waals surface area contributed by atoms with Gasteiger partial charge in [0.2, 0.25) is 0 Å². The van der Waals surface area contributed by atoms with E-state index in [0.717, 1.165) is 41.4 Å². The molecule has 6 heteroatoms. The van der Waals surface area contributed by atoms with Gasteiger partial charge in [0.05, 0.1) is 0 Å². The van der Waals surface area contributed by atoms with Crippen molar-refractivity contribution >= 4 is 17.1 Å². The van der Waals surface area contributed by atoms with Crippen LogP contribution in [0.15, 0.2) is 36.4 Å². The fourth-order valence-corrected chi connectivity index (χ4v) is 9.39. The smallest absolute Gasteiger partial charge is 0.466 e. The van der Waals surface area contributed by atoms with Gasteiger partial charge in [-0.15, -0.1) is 0 Å². The molecule has 2 aromatic rings. The second kappa shape index (κ2) is 6.85. The summed E-state index contributed by atoms with van der Waals surface area (Å²) in [4.78, 5) is 0. The van der Waals surface area contributed by atoms with Crippen LogP contribution in [0.5, 0.6) is 23.0 Å². The second-order valence-corrected chi connectivity index (χ2v) is 16.0. The van der Waals surface area contributed by atoms with E-state index in [1.165, 1.54) is 5.56 Å². The first-order chi connectivity index (χ1) is 13.2. The highest BCUT2D eigenvalue weighted by atomic mass is 28.4. The first-order valence-electron chi connectivity index (χ1n) is 10.2. The molecule has 4 nitrogen and oxygen atoms in total. The standard InChI is InChI=1S/C22H30O4Si2/c1-15(2)28(24-19-11-7-9-16(3)21(19)26-28)17(4)13-14-18-10-8-12-20-22(18)25-27(5,6)23-20/h7-12,15,17H,13-14H2,1-6H3. The van der Waals surface area contributed by atoms with E-state index < -0.39 is 17.1 Å². The van der Waals surface area contributed by atoms with Crippen LogP contribution >= 0.6 is 0 Å². The van der Waals surface area contributed by atoms with Crippen LogP contribution in [0, 0.1) is 6.92 Å². The Morgan fingerprint density at radius 2 is 1.50 bits per heavy atom. The number of hydrogen-bond donors (Lipinski definition) is 0. The number of rotatable bonds is 5. The Balaban J connectivity index is 1.54. The van der Waals surface area contributed by atoms with Crippen LogP contribution in [0.4, 0.5) is 0 Å². The molecular weight excluding hydrogens is 384 g/mol. The molecule has 2 aromatic carbocycles. The molecular formula is C22H30O4Si2. The van der Waals surface area contributed by atoms with E-state index in [2.05, 4.69) is 59.0 Å². The zero-order chi connectivity index (χ0) is 20.1. The average molecular weight is 415 g/mol. The minimum atomic E-state index is -2.42. The SMILES string of the molecule is Cc1cccc2c1O[Si](C(C)C)(C(C)CCc1cccc3c1O[Si](C)(C)O3)O2.